The first-order valence-electron chi connectivity index (χ1n) is 11.7. The lowest BCUT2D eigenvalue weighted by Gasteiger charge is -2.28. The number of carbonyl (C=O) groups excluding carboxylic acids is 1. The Morgan fingerprint density at radius 2 is 1.57 bits per heavy atom. The highest BCUT2D eigenvalue weighted by Gasteiger charge is 2.24. The summed E-state index contributed by atoms with van der Waals surface area (Å²) in [6.45, 7) is 2.07. The lowest BCUT2D eigenvalue weighted by Crippen LogP contribution is -2.29. The van der Waals surface area contributed by atoms with Crippen LogP contribution in [0.2, 0.25) is 0 Å². The number of halogens is 1. The molecule has 180 valence electrons. The summed E-state index contributed by atoms with van der Waals surface area (Å²) in [5.74, 6) is -0.674. The van der Waals surface area contributed by atoms with Gasteiger partial charge in [0.1, 0.15) is 5.82 Å². The number of aromatic nitrogens is 1. The highest BCUT2D eigenvalue weighted by Crippen LogP contribution is 2.33. The highest BCUT2D eigenvalue weighted by atomic mass is 32.2. The topological polar surface area (TPSA) is 71.4 Å². The van der Waals surface area contributed by atoms with Crippen LogP contribution in [0, 0.1) is 5.82 Å². The summed E-state index contributed by atoms with van der Waals surface area (Å²) in [6.07, 6.45) is 5.10. The molecule has 1 N–H and O–H groups in total. The highest BCUT2D eigenvalue weighted by molar-refractivity contribution is 7.90. The predicted octanol–water partition coefficient (Wildman–Crippen LogP) is 4.94. The van der Waals surface area contributed by atoms with Gasteiger partial charge in [0.05, 0.1) is 16.1 Å². The number of nitrogens with one attached hydrogen (secondary N) is 1. The van der Waals surface area contributed by atoms with Crippen molar-refractivity contribution in [3.63, 3.8) is 0 Å². The smallest absolute Gasteiger partial charge is 0.268 e. The van der Waals surface area contributed by atoms with Gasteiger partial charge in [-0.2, -0.15) is 0 Å². The van der Waals surface area contributed by atoms with Crippen LogP contribution >= 0.6 is 0 Å². The van der Waals surface area contributed by atoms with Crippen molar-refractivity contribution in [1.29, 1.82) is 0 Å². The zero-order valence-electron chi connectivity index (χ0n) is 19.2. The molecule has 0 radical (unpaired) electrons. The Kier molecular flexibility index (Phi) is 6.30. The van der Waals surface area contributed by atoms with Gasteiger partial charge < -0.3 is 10.2 Å². The summed E-state index contributed by atoms with van der Waals surface area (Å²) in [4.78, 5) is 14.9. The molecule has 4 aromatic rings. The van der Waals surface area contributed by atoms with Gasteiger partial charge in [0, 0.05) is 36.8 Å². The number of hydrogen-bond donors (Lipinski definition) is 1. The molecule has 0 atom stereocenters. The lowest BCUT2D eigenvalue weighted by molar-refractivity contribution is 0.0951. The predicted molar refractivity (Wildman–Crippen MR) is 135 cm³/mol. The minimum absolute atomic E-state index is 0.110. The molecule has 0 unspecified atom stereocenters. The minimum atomic E-state index is -3.86. The largest absolute Gasteiger partial charge is 0.370 e. The Hall–Kier alpha value is -3.65. The molecule has 1 aliphatic heterocycles. The molecule has 1 aliphatic rings. The standard InChI is InChI=1S/C27H26FN3O3S/c28-22-12-8-20(9-13-22)18-29-27(32)21-10-14-23(15-11-21)35(33,34)31-19-26(30-16-4-1-5-17-30)24-6-2-3-7-25(24)31/h2-3,6-15,19H,1,4-5,16-18H2,(H,29,32). The van der Waals surface area contributed by atoms with Crippen LogP contribution in [0.1, 0.15) is 35.2 Å². The summed E-state index contributed by atoms with van der Waals surface area (Å²) in [5.41, 5.74) is 2.68. The molecule has 8 heteroatoms. The molecular formula is C27H26FN3O3S. The number of fused-ring (bicyclic) bond motifs is 1. The number of para-hydroxylation sites is 1. The van der Waals surface area contributed by atoms with Crippen LogP contribution in [-0.2, 0) is 16.6 Å². The molecule has 0 saturated carbocycles. The van der Waals surface area contributed by atoms with E-state index in [9.17, 15) is 17.6 Å². The average Bonchev–Trinajstić information content (AvgIpc) is 3.29. The molecule has 6 nitrogen and oxygen atoms in total. The second-order valence-electron chi connectivity index (χ2n) is 8.71. The maximum atomic E-state index is 13.6. The first-order chi connectivity index (χ1) is 16.9. The van der Waals surface area contributed by atoms with Gasteiger partial charge >= 0.3 is 0 Å². The van der Waals surface area contributed by atoms with Crippen LogP contribution in [0.3, 0.4) is 0 Å². The molecule has 35 heavy (non-hydrogen) atoms. The molecule has 0 bridgehead atoms. The van der Waals surface area contributed by atoms with E-state index in [1.54, 1.807) is 18.3 Å². The zero-order chi connectivity index (χ0) is 24.4. The Labute approximate surface area is 204 Å². The maximum Gasteiger partial charge on any atom is 0.268 e. The van der Waals surface area contributed by atoms with Gasteiger partial charge in [0.15, 0.2) is 0 Å². The third-order valence-electron chi connectivity index (χ3n) is 6.39. The molecule has 1 amide bonds. The molecule has 1 saturated heterocycles. The maximum absolute atomic E-state index is 13.6. The summed E-state index contributed by atoms with van der Waals surface area (Å²) in [7, 11) is -3.86. The average molecular weight is 492 g/mol. The fraction of sp³-hybridized carbons (Fsp3) is 0.222. The number of hydrogen-bond acceptors (Lipinski definition) is 4. The van der Waals surface area contributed by atoms with Crippen LogP contribution in [0.25, 0.3) is 10.9 Å². The Morgan fingerprint density at radius 3 is 2.29 bits per heavy atom. The molecule has 0 spiro atoms. The number of nitrogens with zero attached hydrogens (tertiary/aromatic N) is 2. The molecule has 0 aliphatic carbocycles. The van der Waals surface area contributed by atoms with Crippen molar-refractivity contribution < 1.29 is 17.6 Å². The zero-order valence-corrected chi connectivity index (χ0v) is 20.0. The monoisotopic (exact) mass is 491 g/mol. The van der Waals surface area contributed by atoms with Crippen molar-refractivity contribution in [3.05, 3.63) is 95.9 Å². The number of benzene rings is 3. The van der Waals surface area contributed by atoms with Gasteiger partial charge in [-0.1, -0.05) is 30.3 Å². The normalized spacial score (nSPS) is 14.3. The Bertz CT molecular complexity index is 1460. The number of piperidine rings is 1. The minimum Gasteiger partial charge on any atom is -0.370 e. The van der Waals surface area contributed by atoms with E-state index < -0.39 is 10.0 Å². The van der Waals surface area contributed by atoms with E-state index in [4.69, 9.17) is 0 Å². The second-order valence-corrected chi connectivity index (χ2v) is 10.5. The number of carbonyl (C=O) groups is 1. The van der Waals surface area contributed by atoms with Gasteiger partial charge in [-0.15, -0.1) is 0 Å². The summed E-state index contributed by atoms with van der Waals surface area (Å²) < 4.78 is 41.5. The van der Waals surface area contributed by atoms with Crippen molar-refractivity contribution in [3.8, 4) is 0 Å². The van der Waals surface area contributed by atoms with Gasteiger partial charge in [0.25, 0.3) is 15.9 Å². The molecule has 1 fully saturated rings. The number of anilines is 1. The SMILES string of the molecule is O=C(NCc1ccc(F)cc1)c1ccc(S(=O)(=O)n2cc(N3CCCCC3)c3ccccc32)cc1. The fourth-order valence-electron chi connectivity index (χ4n) is 4.50. The van der Waals surface area contributed by atoms with E-state index >= 15 is 0 Å². The first kappa shape index (κ1) is 23.1. The third kappa shape index (κ3) is 4.66. The molecular weight excluding hydrogens is 465 g/mol. The molecule has 2 heterocycles. The number of amides is 1. The van der Waals surface area contributed by atoms with Crippen LogP contribution in [0.15, 0.2) is 83.9 Å². The van der Waals surface area contributed by atoms with Crippen LogP contribution in [-0.4, -0.2) is 31.4 Å². The van der Waals surface area contributed by atoms with Gasteiger partial charge in [-0.05, 0) is 67.3 Å². The fourth-order valence-corrected chi connectivity index (χ4v) is 5.86. The van der Waals surface area contributed by atoms with Crippen LogP contribution < -0.4 is 10.2 Å². The van der Waals surface area contributed by atoms with E-state index in [-0.39, 0.29) is 23.2 Å². The van der Waals surface area contributed by atoms with E-state index in [1.165, 1.54) is 46.8 Å². The molecule has 5 rings (SSSR count). The van der Waals surface area contributed by atoms with Crippen molar-refractivity contribution in [1.82, 2.24) is 9.29 Å². The number of rotatable bonds is 6. The van der Waals surface area contributed by atoms with Gasteiger partial charge in [-0.25, -0.2) is 16.8 Å². The lowest BCUT2D eigenvalue weighted by atomic mass is 10.1. The Balaban J connectivity index is 1.39. The first-order valence-corrected chi connectivity index (χ1v) is 13.1. The summed E-state index contributed by atoms with van der Waals surface area (Å²) in [6, 6.07) is 19.3. The quantitative estimate of drug-likeness (QED) is 0.415. The Morgan fingerprint density at radius 1 is 0.886 bits per heavy atom. The van der Waals surface area contributed by atoms with E-state index in [0.717, 1.165) is 42.6 Å². The summed E-state index contributed by atoms with van der Waals surface area (Å²) >= 11 is 0. The molecule has 3 aromatic carbocycles. The van der Waals surface area contributed by atoms with Crippen molar-refractivity contribution in [2.24, 2.45) is 0 Å². The molecule has 1 aromatic heterocycles. The van der Waals surface area contributed by atoms with E-state index in [2.05, 4.69) is 10.2 Å². The van der Waals surface area contributed by atoms with Crippen molar-refractivity contribution in [2.75, 3.05) is 18.0 Å². The van der Waals surface area contributed by atoms with E-state index in [0.29, 0.717) is 11.1 Å². The van der Waals surface area contributed by atoms with Crippen molar-refractivity contribution >= 4 is 32.5 Å². The van der Waals surface area contributed by atoms with Crippen LogP contribution in [0.4, 0.5) is 10.1 Å². The second kappa shape index (κ2) is 9.54. The van der Waals surface area contributed by atoms with Gasteiger partial charge in [0.2, 0.25) is 0 Å². The summed E-state index contributed by atoms with van der Waals surface area (Å²) in [5, 5.41) is 3.68. The third-order valence-corrected chi connectivity index (χ3v) is 8.08. The van der Waals surface area contributed by atoms with Gasteiger partial charge in [-0.3, -0.25) is 4.79 Å². The van der Waals surface area contributed by atoms with E-state index in [1.807, 2.05) is 24.3 Å². The van der Waals surface area contributed by atoms with Crippen LogP contribution in [0.5, 0.6) is 0 Å². The van der Waals surface area contributed by atoms with Crippen molar-refractivity contribution in [2.45, 2.75) is 30.7 Å².